The molecular formula is C38H37N7O6S. The molecule has 3 aliphatic heterocycles. The third kappa shape index (κ3) is 7.98. The van der Waals surface area contributed by atoms with Crippen LogP contribution in [0.3, 0.4) is 0 Å². The largest absolute Gasteiger partial charge is 0.444 e. The van der Waals surface area contributed by atoms with Crippen molar-refractivity contribution in [2.75, 3.05) is 36.5 Å². The number of carbonyl (C=O) groups is 4. The number of amides is 4. The number of anilines is 2. The van der Waals surface area contributed by atoms with E-state index >= 15 is 0 Å². The average Bonchev–Trinajstić information content (AvgIpc) is 3.71. The number of ether oxygens (including phenoxy) is 2. The van der Waals surface area contributed by atoms with Crippen LogP contribution in [-0.2, 0) is 37.0 Å². The molecule has 52 heavy (non-hydrogen) atoms. The summed E-state index contributed by atoms with van der Waals surface area (Å²) in [6.07, 6.45) is 2.73. The van der Waals surface area contributed by atoms with E-state index in [-0.39, 0.29) is 31.9 Å². The van der Waals surface area contributed by atoms with Gasteiger partial charge in [-0.3, -0.25) is 29.3 Å². The van der Waals surface area contributed by atoms with Gasteiger partial charge in [-0.15, -0.1) is 0 Å². The minimum Gasteiger partial charge on any atom is -0.444 e. The van der Waals surface area contributed by atoms with Crippen LogP contribution in [0.25, 0.3) is 0 Å². The zero-order valence-electron chi connectivity index (χ0n) is 28.5. The highest BCUT2D eigenvalue weighted by Crippen LogP contribution is 2.41. The van der Waals surface area contributed by atoms with Crippen molar-refractivity contribution in [3.8, 4) is 0 Å². The molecule has 4 amide bonds. The van der Waals surface area contributed by atoms with Gasteiger partial charge in [0.25, 0.3) is 0 Å². The van der Waals surface area contributed by atoms with Gasteiger partial charge < -0.3 is 19.7 Å². The van der Waals surface area contributed by atoms with Crippen molar-refractivity contribution in [3.63, 3.8) is 0 Å². The Kier molecular flexibility index (Phi) is 10.5. The molecule has 0 radical (unpaired) electrons. The van der Waals surface area contributed by atoms with Crippen molar-refractivity contribution in [2.24, 2.45) is 4.99 Å². The summed E-state index contributed by atoms with van der Waals surface area (Å²) < 4.78 is 10.8. The van der Waals surface area contributed by atoms with Gasteiger partial charge in [0.15, 0.2) is 5.17 Å². The SMILES string of the molecule is Cc1cnc(CN2C(=O)C(c3ccc(NC(=O)[C@H]4CCC(=O)N4C(=O)OCc4ccccc4)cc3)SC2=Nc2ccc(N3CCOCC3)cc2)cn1. The third-order valence-electron chi connectivity index (χ3n) is 8.95. The van der Waals surface area contributed by atoms with E-state index in [1.165, 1.54) is 11.8 Å². The molecule has 4 heterocycles. The molecule has 0 aliphatic carbocycles. The van der Waals surface area contributed by atoms with E-state index in [0.717, 1.165) is 46.2 Å². The van der Waals surface area contributed by atoms with Gasteiger partial charge >= 0.3 is 6.09 Å². The van der Waals surface area contributed by atoms with Crippen molar-refractivity contribution in [1.29, 1.82) is 0 Å². The number of nitrogens with one attached hydrogen (secondary N) is 1. The summed E-state index contributed by atoms with van der Waals surface area (Å²) in [6, 6.07) is 23.0. The number of morpholine rings is 1. The normalized spacial score (nSPS) is 19.7. The highest BCUT2D eigenvalue weighted by molar-refractivity contribution is 8.15. The summed E-state index contributed by atoms with van der Waals surface area (Å²) in [5.74, 6) is -1.11. The van der Waals surface area contributed by atoms with E-state index in [1.807, 2.05) is 49.4 Å². The Bertz CT molecular complexity index is 1950. The molecule has 2 atom stereocenters. The predicted octanol–water partition coefficient (Wildman–Crippen LogP) is 5.39. The second-order valence-corrected chi connectivity index (χ2v) is 13.6. The fraction of sp³-hybridized carbons (Fsp3) is 0.289. The number of amidine groups is 1. The molecule has 1 unspecified atom stereocenters. The van der Waals surface area contributed by atoms with Gasteiger partial charge in [-0.1, -0.05) is 54.2 Å². The maximum absolute atomic E-state index is 14.0. The molecule has 1 aromatic heterocycles. The molecule has 7 rings (SSSR count). The first-order valence-electron chi connectivity index (χ1n) is 17.0. The number of hydrogen-bond donors (Lipinski definition) is 1. The van der Waals surface area contributed by atoms with Gasteiger partial charge in [0.1, 0.15) is 17.9 Å². The second-order valence-electron chi connectivity index (χ2n) is 12.6. The molecule has 4 aromatic rings. The van der Waals surface area contributed by atoms with E-state index in [2.05, 4.69) is 20.2 Å². The summed E-state index contributed by atoms with van der Waals surface area (Å²) in [4.78, 5) is 71.2. The van der Waals surface area contributed by atoms with Gasteiger partial charge in [0, 0.05) is 37.1 Å². The van der Waals surface area contributed by atoms with E-state index in [4.69, 9.17) is 14.5 Å². The van der Waals surface area contributed by atoms with Crippen LogP contribution in [0.1, 0.15) is 40.6 Å². The lowest BCUT2D eigenvalue weighted by Gasteiger charge is -2.28. The van der Waals surface area contributed by atoms with Crippen molar-refractivity contribution in [3.05, 3.63) is 114 Å². The fourth-order valence-electron chi connectivity index (χ4n) is 6.15. The summed E-state index contributed by atoms with van der Waals surface area (Å²) in [5, 5.41) is 2.77. The van der Waals surface area contributed by atoms with Crippen molar-refractivity contribution < 1.29 is 28.7 Å². The van der Waals surface area contributed by atoms with Crippen molar-refractivity contribution >= 4 is 57.8 Å². The number of nitrogens with zero attached hydrogens (tertiary/aromatic N) is 6. The lowest BCUT2D eigenvalue weighted by atomic mass is 10.1. The quantitative estimate of drug-likeness (QED) is 0.239. The highest BCUT2D eigenvalue weighted by Gasteiger charge is 2.42. The number of imide groups is 1. The lowest BCUT2D eigenvalue weighted by molar-refractivity contribution is -0.131. The molecule has 1 N–H and O–H groups in total. The lowest BCUT2D eigenvalue weighted by Crippen LogP contribution is -2.45. The molecule has 0 spiro atoms. The number of aliphatic imine (C=N–C) groups is 1. The van der Waals surface area contributed by atoms with Crippen molar-refractivity contribution in [1.82, 2.24) is 19.8 Å². The monoisotopic (exact) mass is 719 g/mol. The van der Waals surface area contributed by atoms with Gasteiger partial charge in [-0.25, -0.2) is 14.7 Å². The smallest absolute Gasteiger partial charge is 0.417 e. The van der Waals surface area contributed by atoms with Crippen LogP contribution < -0.4 is 10.2 Å². The zero-order valence-corrected chi connectivity index (χ0v) is 29.3. The Morgan fingerprint density at radius 2 is 1.71 bits per heavy atom. The van der Waals surface area contributed by atoms with Crippen LogP contribution in [0.5, 0.6) is 0 Å². The van der Waals surface area contributed by atoms with Crippen LogP contribution in [0.4, 0.5) is 21.9 Å². The number of likely N-dealkylation sites (tertiary alicyclic amines) is 1. The molecule has 0 saturated carbocycles. The Balaban J connectivity index is 1.04. The van der Waals surface area contributed by atoms with Gasteiger partial charge in [-0.05, 0) is 60.9 Å². The van der Waals surface area contributed by atoms with Crippen LogP contribution in [0.2, 0.25) is 0 Å². The number of benzene rings is 3. The fourth-order valence-corrected chi connectivity index (χ4v) is 7.32. The molecule has 0 bridgehead atoms. The maximum atomic E-state index is 14.0. The molecule has 3 aliphatic rings. The Hall–Kier alpha value is -5.60. The number of rotatable bonds is 9. The van der Waals surface area contributed by atoms with Crippen LogP contribution in [0, 0.1) is 6.92 Å². The Morgan fingerprint density at radius 3 is 2.42 bits per heavy atom. The third-order valence-corrected chi connectivity index (χ3v) is 10.2. The average molecular weight is 720 g/mol. The Labute approximate surface area is 305 Å². The number of thioether (sulfide) groups is 1. The topological polar surface area (TPSA) is 147 Å². The van der Waals surface area contributed by atoms with Crippen LogP contribution >= 0.6 is 11.8 Å². The first-order valence-corrected chi connectivity index (χ1v) is 17.9. The van der Waals surface area contributed by atoms with E-state index in [0.29, 0.717) is 29.8 Å². The molecular weight excluding hydrogens is 683 g/mol. The molecule has 14 heteroatoms. The van der Waals surface area contributed by atoms with Crippen molar-refractivity contribution in [2.45, 2.75) is 44.2 Å². The van der Waals surface area contributed by atoms with E-state index < -0.39 is 29.2 Å². The minimum atomic E-state index is -0.998. The standard InChI is InChI=1S/C38H37N7O6S/c1-25-21-40-30(22-39-25)23-44-36(48)34(52-37(44)42-29-11-13-31(14-12-29)43-17-19-50-20-18-43)27-7-9-28(10-8-27)41-35(47)32-15-16-33(46)45(32)38(49)51-24-26-5-3-2-4-6-26/h2-14,21-22,32,34H,15-20,23-24H2,1H3,(H,41,47)/t32-,34?/m1/s1. The van der Waals surface area contributed by atoms with Gasteiger partial charge in [-0.2, -0.15) is 0 Å². The summed E-state index contributed by atoms with van der Waals surface area (Å²) in [7, 11) is 0. The Morgan fingerprint density at radius 1 is 0.962 bits per heavy atom. The van der Waals surface area contributed by atoms with Crippen LogP contribution in [-0.4, -0.2) is 81.1 Å². The highest BCUT2D eigenvalue weighted by atomic mass is 32.2. The number of aryl methyl sites for hydroxylation is 1. The first kappa shape index (κ1) is 34.8. The molecule has 266 valence electrons. The number of carbonyl (C=O) groups excluding carboxylic acids is 4. The summed E-state index contributed by atoms with van der Waals surface area (Å²) in [6.45, 7) is 5.10. The minimum absolute atomic E-state index is 0.0133. The van der Waals surface area contributed by atoms with Gasteiger partial charge in [0.2, 0.25) is 17.7 Å². The van der Waals surface area contributed by atoms with E-state index in [1.54, 1.807) is 53.7 Å². The summed E-state index contributed by atoms with van der Waals surface area (Å²) in [5.41, 5.74) is 5.18. The van der Waals surface area contributed by atoms with Gasteiger partial charge in [0.05, 0.1) is 43.0 Å². The maximum Gasteiger partial charge on any atom is 0.417 e. The number of hydrogen-bond acceptors (Lipinski definition) is 11. The zero-order chi connectivity index (χ0) is 36.0. The predicted molar refractivity (Wildman–Crippen MR) is 196 cm³/mol. The summed E-state index contributed by atoms with van der Waals surface area (Å²) >= 11 is 1.34. The van der Waals surface area contributed by atoms with E-state index in [9.17, 15) is 19.2 Å². The van der Waals surface area contributed by atoms with Crippen LogP contribution in [0.15, 0.2) is 96.2 Å². The second kappa shape index (κ2) is 15.7. The molecule has 3 fully saturated rings. The number of aromatic nitrogens is 2. The molecule has 3 saturated heterocycles. The first-order chi connectivity index (χ1) is 25.3. The molecule has 3 aromatic carbocycles. The molecule has 13 nitrogen and oxygen atoms in total.